The molecule has 2 aliphatic heterocycles. The number of amides is 1. The number of nitrogens with zero attached hydrogens (tertiary/aromatic N) is 1. The third kappa shape index (κ3) is 3.57. The van der Waals surface area contributed by atoms with Crippen LogP contribution in [0.2, 0.25) is 0 Å². The Bertz CT molecular complexity index is 257. The third-order valence-corrected chi connectivity index (χ3v) is 3.74. The fraction of sp³-hybridized carbons (Fsp3) is 0.917. The summed E-state index contributed by atoms with van der Waals surface area (Å²) in [5.41, 5.74) is 5.66. The number of carbonyl (C=O) groups is 1. The van der Waals surface area contributed by atoms with E-state index in [0.717, 1.165) is 32.4 Å². The van der Waals surface area contributed by atoms with Gasteiger partial charge < -0.3 is 15.4 Å². The Hall–Kier alpha value is -0.320. The van der Waals surface area contributed by atoms with E-state index in [-0.39, 0.29) is 24.4 Å². The molecule has 4 nitrogen and oxygen atoms in total. The lowest BCUT2D eigenvalue weighted by molar-refractivity contribution is -0.134. The van der Waals surface area contributed by atoms with Crippen molar-refractivity contribution in [2.75, 3.05) is 19.7 Å². The van der Waals surface area contributed by atoms with Crippen LogP contribution in [0.1, 0.15) is 32.6 Å². The molecule has 0 spiro atoms. The van der Waals surface area contributed by atoms with Gasteiger partial charge in [0.1, 0.15) is 0 Å². The molecular formula is C12H23ClN2O2. The Balaban J connectivity index is 0.00000144. The topological polar surface area (TPSA) is 55.6 Å². The molecule has 1 amide bonds. The quantitative estimate of drug-likeness (QED) is 0.831. The molecule has 3 unspecified atom stereocenters. The molecule has 2 fully saturated rings. The third-order valence-electron chi connectivity index (χ3n) is 3.74. The van der Waals surface area contributed by atoms with Crippen LogP contribution in [-0.2, 0) is 9.53 Å². The lowest BCUT2D eigenvalue weighted by atomic mass is 10.1. The molecule has 2 rings (SSSR count). The number of hydrogen-bond acceptors (Lipinski definition) is 3. The summed E-state index contributed by atoms with van der Waals surface area (Å²) in [4.78, 5) is 14.1. The minimum absolute atomic E-state index is 0. The smallest absolute Gasteiger partial charge is 0.225 e. The maximum absolute atomic E-state index is 12.1. The monoisotopic (exact) mass is 262 g/mol. The van der Waals surface area contributed by atoms with Crippen LogP contribution in [0.25, 0.3) is 0 Å². The number of nitrogens with two attached hydrogens (primary N) is 1. The molecule has 0 radical (unpaired) electrons. The van der Waals surface area contributed by atoms with Gasteiger partial charge in [-0.25, -0.2) is 0 Å². The van der Waals surface area contributed by atoms with Crippen LogP contribution < -0.4 is 5.73 Å². The first-order chi connectivity index (χ1) is 7.70. The van der Waals surface area contributed by atoms with Crippen LogP contribution in [0, 0.1) is 5.92 Å². The highest BCUT2D eigenvalue weighted by molar-refractivity contribution is 5.85. The zero-order chi connectivity index (χ0) is 11.5. The standard InChI is InChI=1S/C12H22N2O2.ClH/c1-9-5-10(7-13)8-14(9)12(15)6-11-3-2-4-16-11;/h9-11H,2-8,13H2,1H3;1H. The Morgan fingerprint density at radius 2 is 2.29 bits per heavy atom. The minimum Gasteiger partial charge on any atom is -0.378 e. The molecule has 2 N–H and O–H groups in total. The van der Waals surface area contributed by atoms with Gasteiger partial charge in [-0.3, -0.25) is 4.79 Å². The summed E-state index contributed by atoms with van der Waals surface area (Å²) in [6.07, 6.45) is 3.90. The van der Waals surface area contributed by atoms with Crippen molar-refractivity contribution < 1.29 is 9.53 Å². The van der Waals surface area contributed by atoms with Gasteiger partial charge in [-0.05, 0) is 38.6 Å². The van der Waals surface area contributed by atoms with Gasteiger partial charge in [0.05, 0.1) is 12.5 Å². The van der Waals surface area contributed by atoms with E-state index in [2.05, 4.69) is 6.92 Å². The molecule has 2 heterocycles. The zero-order valence-corrected chi connectivity index (χ0v) is 11.2. The molecule has 5 heteroatoms. The highest BCUT2D eigenvalue weighted by Crippen LogP contribution is 2.24. The first-order valence-corrected chi connectivity index (χ1v) is 6.32. The Labute approximate surface area is 109 Å². The molecule has 0 bridgehead atoms. The van der Waals surface area contributed by atoms with Crippen LogP contribution in [0.3, 0.4) is 0 Å². The maximum Gasteiger partial charge on any atom is 0.225 e. The van der Waals surface area contributed by atoms with E-state index in [9.17, 15) is 4.79 Å². The minimum atomic E-state index is 0. The second-order valence-corrected chi connectivity index (χ2v) is 5.07. The summed E-state index contributed by atoms with van der Waals surface area (Å²) in [6.45, 7) is 4.46. The van der Waals surface area contributed by atoms with Crippen molar-refractivity contribution in [1.29, 1.82) is 0 Å². The molecule has 0 saturated carbocycles. The van der Waals surface area contributed by atoms with Gasteiger partial charge in [0, 0.05) is 19.2 Å². The van der Waals surface area contributed by atoms with E-state index >= 15 is 0 Å². The highest BCUT2D eigenvalue weighted by Gasteiger charge is 2.32. The first kappa shape index (κ1) is 14.7. The number of hydrogen-bond donors (Lipinski definition) is 1. The summed E-state index contributed by atoms with van der Waals surface area (Å²) >= 11 is 0. The summed E-state index contributed by atoms with van der Waals surface area (Å²) in [7, 11) is 0. The van der Waals surface area contributed by atoms with Crippen molar-refractivity contribution >= 4 is 18.3 Å². The Kier molecular flexibility index (Phi) is 5.70. The van der Waals surface area contributed by atoms with Gasteiger partial charge in [-0.2, -0.15) is 0 Å². The van der Waals surface area contributed by atoms with Crippen molar-refractivity contribution in [1.82, 2.24) is 4.90 Å². The number of halogens is 1. The van der Waals surface area contributed by atoms with Crippen LogP contribution in [-0.4, -0.2) is 42.6 Å². The first-order valence-electron chi connectivity index (χ1n) is 6.32. The number of carbonyl (C=O) groups excluding carboxylic acids is 1. The van der Waals surface area contributed by atoms with Crippen molar-refractivity contribution in [3.05, 3.63) is 0 Å². The second kappa shape index (κ2) is 6.57. The maximum atomic E-state index is 12.1. The van der Waals surface area contributed by atoms with Gasteiger partial charge >= 0.3 is 0 Å². The molecule has 0 aromatic carbocycles. The largest absolute Gasteiger partial charge is 0.378 e. The van der Waals surface area contributed by atoms with E-state index in [1.165, 1.54) is 0 Å². The summed E-state index contributed by atoms with van der Waals surface area (Å²) in [5, 5.41) is 0. The average molecular weight is 263 g/mol. The summed E-state index contributed by atoms with van der Waals surface area (Å²) in [5.74, 6) is 0.735. The summed E-state index contributed by atoms with van der Waals surface area (Å²) < 4.78 is 5.50. The Morgan fingerprint density at radius 3 is 2.82 bits per heavy atom. The lowest BCUT2D eigenvalue weighted by Gasteiger charge is -2.23. The summed E-state index contributed by atoms with van der Waals surface area (Å²) in [6, 6.07) is 0.349. The molecule has 17 heavy (non-hydrogen) atoms. The SMILES string of the molecule is CC1CC(CN)CN1C(=O)CC1CCCO1.Cl. The van der Waals surface area contributed by atoms with Gasteiger partial charge in [0.25, 0.3) is 0 Å². The van der Waals surface area contributed by atoms with Crippen LogP contribution >= 0.6 is 12.4 Å². The van der Waals surface area contributed by atoms with Gasteiger partial charge in [-0.15, -0.1) is 12.4 Å². The molecule has 2 aliphatic rings. The zero-order valence-electron chi connectivity index (χ0n) is 10.4. The van der Waals surface area contributed by atoms with Gasteiger partial charge in [0.15, 0.2) is 0 Å². The van der Waals surface area contributed by atoms with Crippen LogP contribution in [0.4, 0.5) is 0 Å². The van der Waals surface area contributed by atoms with Gasteiger partial charge in [0.2, 0.25) is 5.91 Å². The van der Waals surface area contributed by atoms with E-state index < -0.39 is 0 Å². The molecule has 100 valence electrons. The molecular weight excluding hydrogens is 240 g/mol. The van der Waals surface area contributed by atoms with Crippen LogP contribution in [0.15, 0.2) is 0 Å². The highest BCUT2D eigenvalue weighted by atomic mass is 35.5. The molecule has 0 aromatic heterocycles. The Morgan fingerprint density at radius 1 is 1.53 bits per heavy atom. The predicted molar refractivity (Wildman–Crippen MR) is 69.2 cm³/mol. The van der Waals surface area contributed by atoms with Gasteiger partial charge in [-0.1, -0.05) is 0 Å². The molecule has 3 atom stereocenters. The normalized spacial score (nSPS) is 32.6. The number of ether oxygens (including phenoxy) is 1. The molecule has 0 aromatic rings. The lowest BCUT2D eigenvalue weighted by Crippen LogP contribution is -2.36. The molecule has 0 aliphatic carbocycles. The average Bonchev–Trinajstić information content (AvgIpc) is 2.87. The van der Waals surface area contributed by atoms with Crippen molar-refractivity contribution in [3.8, 4) is 0 Å². The van der Waals surface area contributed by atoms with Crippen molar-refractivity contribution in [2.45, 2.75) is 44.8 Å². The van der Waals surface area contributed by atoms with Crippen molar-refractivity contribution in [2.24, 2.45) is 11.7 Å². The number of rotatable bonds is 3. The van der Waals surface area contributed by atoms with E-state index in [1.54, 1.807) is 0 Å². The van der Waals surface area contributed by atoms with Crippen molar-refractivity contribution in [3.63, 3.8) is 0 Å². The van der Waals surface area contributed by atoms with E-state index in [4.69, 9.17) is 10.5 Å². The van der Waals surface area contributed by atoms with Crippen LogP contribution in [0.5, 0.6) is 0 Å². The predicted octanol–water partition coefficient (Wildman–Crippen LogP) is 1.17. The second-order valence-electron chi connectivity index (χ2n) is 5.07. The molecule has 2 saturated heterocycles. The fourth-order valence-electron chi connectivity index (χ4n) is 2.78. The number of likely N-dealkylation sites (tertiary alicyclic amines) is 1. The van der Waals surface area contributed by atoms with E-state index in [1.807, 2.05) is 4.90 Å². The fourth-order valence-corrected chi connectivity index (χ4v) is 2.78. The van der Waals surface area contributed by atoms with E-state index in [0.29, 0.717) is 24.9 Å².